The van der Waals surface area contributed by atoms with E-state index in [2.05, 4.69) is 34.2 Å². The zero-order chi connectivity index (χ0) is 14.4. The van der Waals surface area contributed by atoms with Gasteiger partial charge in [0.1, 0.15) is 12.0 Å². The van der Waals surface area contributed by atoms with E-state index in [0.717, 1.165) is 36.5 Å². The number of methoxy groups -OCH3 is 1. The van der Waals surface area contributed by atoms with Crippen LogP contribution >= 0.6 is 0 Å². The Morgan fingerprint density at radius 2 is 2.00 bits per heavy atom. The minimum Gasteiger partial charge on any atom is -0.493 e. The van der Waals surface area contributed by atoms with Crippen LogP contribution in [0.5, 0.6) is 5.75 Å². The van der Waals surface area contributed by atoms with Crippen molar-refractivity contribution >= 4 is 0 Å². The van der Waals surface area contributed by atoms with Crippen LogP contribution in [0, 0.1) is 0 Å². The molecule has 0 radical (unpaired) electrons. The number of hydrogen-bond donors (Lipinski definition) is 1. The smallest absolute Gasteiger partial charge is 0.161 e. The third-order valence-corrected chi connectivity index (χ3v) is 3.15. The maximum Gasteiger partial charge on any atom is 0.161 e. The minimum atomic E-state index is -0.0199. The minimum absolute atomic E-state index is 0.0199. The molecule has 1 unspecified atom stereocenters. The Labute approximate surface area is 119 Å². The van der Waals surface area contributed by atoms with Crippen molar-refractivity contribution in [3.63, 3.8) is 0 Å². The van der Waals surface area contributed by atoms with Crippen molar-refractivity contribution in [2.24, 2.45) is 0 Å². The van der Waals surface area contributed by atoms with Crippen LogP contribution in [0.2, 0.25) is 0 Å². The van der Waals surface area contributed by atoms with E-state index >= 15 is 0 Å². The maximum absolute atomic E-state index is 5.45. The molecule has 0 saturated carbocycles. The largest absolute Gasteiger partial charge is 0.493 e. The number of aryl methyl sites for hydroxylation is 1. The number of aromatic nitrogens is 4. The Morgan fingerprint density at radius 1 is 1.25 bits per heavy atom. The van der Waals surface area contributed by atoms with Crippen molar-refractivity contribution in [1.29, 1.82) is 0 Å². The number of hydrogen-bond acceptors (Lipinski definition) is 5. The fraction of sp³-hybridized carbons (Fsp3) is 0.500. The van der Waals surface area contributed by atoms with Gasteiger partial charge in [0.15, 0.2) is 5.75 Å². The summed E-state index contributed by atoms with van der Waals surface area (Å²) >= 11 is 0. The van der Waals surface area contributed by atoms with Gasteiger partial charge in [0, 0.05) is 24.5 Å². The highest BCUT2D eigenvalue weighted by molar-refractivity contribution is 5.34. The summed E-state index contributed by atoms with van der Waals surface area (Å²) in [6, 6.07) is -0.0199. The van der Waals surface area contributed by atoms with Gasteiger partial charge in [0.05, 0.1) is 19.3 Å². The van der Waals surface area contributed by atoms with Gasteiger partial charge < -0.3 is 10.1 Å². The van der Waals surface area contributed by atoms with E-state index in [0.29, 0.717) is 0 Å². The van der Waals surface area contributed by atoms with Gasteiger partial charge in [-0.25, -0.2) is 9.97 Å². The fourth-order valence-corrected chi connectivity index (χ4v) is 2.20. The highest BCUT2D eigenvalue weighted by Gasteiger charge is 2.23. The summed E-state index contributed by atoms with van der Waals surface area (Å²) in [4.78, 5) is 8.23. The van der Waals surface area contributed by atoms with Crippen LogP contribution in [0.25, 0.3) is 0 Å². The predicted octanol–water partition coefficient (Wildman–Crippen LogP) is 1.79. The van der Waals surface area contributed by atoms with Crippen LogP contribution < -0.4 is 10.1 Å². The lowest BCUT2D eigenvalue weighted by Crippen LogP contribution is -2.26. The third kappa shape index (κ3) is 2.96. The number of ether oxygens (including phenoxy) is 1. The topological polar surface area (TPSA) is 64.9 Å². The molecule has 6 heteroatoms. The molecule has 0 amide bonds. The van der Waals surface area contributed by atoms with E-state index in [1.807, 2.05) is 17.1 Å². The highest BCUT2D eigenvalue weighted by atomic mass is 16.5. The summed E-state index contributed by atoms with van der Waals surface area (Å²) in [5.74, 6) is 0.782. The molecule has 0 aromatic carbocycles. The molecule has 2 aromatic heterocycles. The zero-order valence-corrected chi connectivity index (χ0v) is 12.2. The SMILES string of the molecule is CCCNC(c1cncnc1)c1c(OC)cnn1CC. The van der Waals surface area contributed by atoms with Gasteiger partial charge in [-0.1, -0.05) is 6.92 Å². The van der Waals surface area contributed by atoms with E-state index in [-0.39, 0.29) is 6.04 Å². The van der Waals surface area contributed by atoms with Crippen molar-refractivity contribution < 1.29 is 4.74 Å². The Morgan fingerprint density at radius 3 is 2.60 bits per heavy atom. The molecule has 0 fully saturated rings. The first-order valence-corrected chi connectivity index (χ1v) is 6.89. The van der Waals surface area contributed by atoms with Gasteiger partial charge in [-0.15, -0.1) is 0 Å². The quantitative estimate of drug-likeness (QED) is 0.834. The molecule has 108 valence electrons. The second-order valence-corrected chi connectivity index (χ2v) is 4.47. The molecule has 2 aromatic rings. The van der Waals surface area contributed by atoms with E-state index in [1.54, 1.807) is 13.3 Å². The summed E-state index contributed by atoms with van der Waals surface area (Å²) in [6.45, 7) is 5.89. The highest BCUT2D eigenvalue weighted by Crippen LogP contribution is 2.29. The summed E-state index contributed by atoms with van der Waals surface area (Å²) in [5, 5.41) is 7.89. The molecule has 2 rings (SSSR count). The normalized spacial score (nSPS) is 12.3. The van der Waals surface area contributed by atoms with Crippen molar-refractivity contribution in [3.05, 3.63) is 36.2 Å². The molecule has 6 nitrogen and oxygen atoms in total. The Hall–Kier alpha value is -1.95. The zero-order valence-electron chi connectivity index (χ0n) is 12.2. The van der Waals surface area contributed by atoms with Crippen LogP contribution in [0.3, 0.4) is 0 Å². The molecule has 1 atom stereocenters. The van der Waals surface area contributed by atoms with Crippen molar-refractivity contribution in [3.8, 4) is 5.75 Å². The van der Waals surface area contributed by atoms with Gasteiger partial charge in [-0.2, -0.15) is 5.10 Å². The van der Waals surface area contributed by atoms with Crippen LogP contribution in [0.1, 0.15) is 37.6 Å². The van der Waals surface area contributed by atoms with E-state index in [9.17, 15) is 0 Å². The van der Waals surface area contributed by atoms with Gasteiger partial charge >= 0.3 is 0 Å². The molecule has 20 heavy (non-hydrogen) atoms. The molecular formula is C14H21N5O. The Kier molecular flexibility index (Phi) is 5.06. The number of nitrogens with one attached hydrogen (secondary N) is 1. The average molecular weight is 275 g/mol. The van der Waals surface area contributed by atoms with E-state index in [4.69, 9.17) is 4.74 Å². The van der Waals surface area contributed by atoms with Gasteiger partial charge in [0.25, 0.3) is 0 Å². The molecule has 0 bridgehead atoms. The maximum atomic E-state index is 5.45. The summed E-state index contributed by atoms with van der Waals surface area (Å²) in [7, 11) is 1.67. The lowest BCUT2D eigenvalue weighted by Gasteiger charge is -2.20. The molecule has 0 aliphatic heterocycles. The monoisotopic (exact) mass is 275 g/mol. The van der Waals surface area contributed by atoms with Crippen LogP contribution in [-0.4, -0.2) is 33.4 Å². The Balaban J connectivity index is 2.43. The molecule has 1 N–H and O–H groups in total. The molecule has 0 spiro atoms. The Bertz CT molecular complexity index is 504. The van der Waals surface area contributed by atoms with Gasteiger partial charge in [-0.05, 0) is 19.9 Å². The van der Waals surface area contributed by atoms with Crippen molar-refractivity contribution in [2.45, 2.75) is 32.9 Å². The predicted molar refractivity (Wildman–Crippen MR) is 76.6 cm³/mol. The van der Waals surface area contributed by atoms with E-state index < -0.39 is 0 Å². The first-order valence-electron chi connectivity index (χ1n) is 6.89. The molecule has 0 aliphatic rings. The van der Waals surface area contributed by atoms with Gasteiger partial charge in [-0.3, -0.25) is 4.68 Å². The molecule has 0 saturated heterocycles. The average Bonchev–Trinajstić information content (AvgIpc) is 2.92. The van der Waals surface area contributed by atoms with Crippen LogP contribution in [0.15, 0.2) is 24.9 Å². The van der Waals surface area contributed by atoms with Crippen molar-refractivity contribution in [2.75, 3.05) is 13.7 Å². The number of nitrogens with zero attached hydrogens (tertiary/aromatic N) is 4. The summed E-state index contributed by atoms with van der Waals surface area (Å²) < 4.78 is 7.39. The van der Waals surface area contributed by atoms with Crippen molar-refractivity contribution in [1.82, 2.24) is 25.1 Å². The third-order valence-electron chi connectivity index (χ3n) is 3.15. The first-order chi connectivity index (χ1) is 9.81. The first kappa shape index (κ1) is 14.5. The second kappa shape index (κ2) is 7.00. The second-order valence-electron chi connectivity index (χ2n) is 4.47. The molecule has 2 heterocycles. The number of rotatable bonds is 7. The van der Waals surface area contributed by atoms with Crippen LogP contribution in [0.4, 0.5) is 0 Å². The summed E-state index contributed by atoms with van der Waals surface area (Å²) in [6.07, 6.45) is 7.99. The standard InChI is InChI=1S/C14H21N5O/c1-4-6-17-13(11-7-15-10-16-8-11)14-12(20-3)9-18-19(14)5-2/h7-10,13,17H,4-6H2,1-3H3. The van der Waals surface area contributed by atoms with E-state index in [1.165, 1.54) is 6.33 Å². The lowest BCUT2D eigenvalue weighted by atomic mass is 10.1. The van der Waals surface area contributed by atoms with Crippen LogP contribution in [-0.2, 0) is 6.54 Å². The lowest BCUT2D eigenvalue weighted by molar-refractivity contribution is 0.398. The molecule has 0 aliphatic carbocycles. The summed E-state index contributed by atoms with van der Waals surface area (Å²) in [5.41, 5.74) is 2.02. The fourth-order valence-electron chi connectivity index (χ4n) is 2.20. The van der Waals surface area contributed by atoms with Gasteiger partial charge in [0.2, 0.25) is 0 Å². The molecular weight excluding hydrogens is 254 g/mol.